The molecule has 0 bridgehead atoms. The Hall–Kier alpha value is -2.83. The van der Waals surface area contributed by atoms with E-state index in [9.17, 15) is 14.4 Å². The highest BCUT2D eigenvalue weighted by Gasteiger charge is 2.34. The lowest BCUT2D eigenvalue weighted by Crippen LogP contribution is -2.47. The van der Waals surface area contributed by atoms with Crippen molar-refractivity contribution >= 4 is 18.5 Å². The van der Waals surface area contributed by atoms with Crippen LogP contribution >= 0.6 is 0 Å². The summed E-state index contributed by atoms with van der Waals surface area (Å²) in [6.07, 6.45) is 2.22. The second-order valence-electron chi connectivity index (χ2n) is 5.22. The highest BCUT2D eigenvalue weighted by atomic mass is 16.7. The maximum atomic E-state index is 11.9. The first-order valence-corrected chi connectivity index (χ1v) is 7.48. The van der Waals surface area contributed by atoms with Crippen molar-refractivity contribution in [3.63, 3.8) is 0 Å². The van der Waals surface area contributed by atoms with E-state index in [4.69, 9.17) is 9.47 Å². The summed E-state index contributed by atoms with van der Waals surface area (Å²) in [5.74, 6) is -0.710. The average molecular weight is 333 g/mol. The monoisotopic (exact) mass is 333 g/mol. The summed E-state index contributed by atoms with van der Waals surface area (Å²) in [6, 6.07) is 8.61. The maximum absolute atomic E-state index is 11.9. The van der Waals surface area contributed by atoms with Gasteiger partial charge < -0.3 is 24.3 Å². The van der Waals surface area contributed by atoms with E-state index < -0.39 is 30.3 Å². The Bertz CT molecular complexity index is 600. The fourth-order valence-corrected chi connectivity index (χ4v) is 2.39. The molecule has 0 saturated heterocycles. The van der Waals surface area contributed by atoms with E-state index in [0.29, 0.717) is 12.7 Å². The Balaban J connectivity index is 1.90. The van der Waals surface area contributed by atoms with E-state index in [1.54, 1.807) is 12.2 Å². The van der Waals surface area contributed by atoms with Crippen molar-refractivity contribution in [3.05, 3.63) is 48.0 Å². The zero-order valence-corrected chi connectivity index (χ0v) is 13.2. The van der Waals surface area contributed by atoms with Crippen molar-refractivity contribution in [2.75, 3.05) is 7.11 Å². The Labute approximate surface area is 139 Å². The number of benzene rings is 1. The number of amides is 1. The molecule has 1 aliphatic carbocycles. The Morgan fingerprint density at radius 1 is 1.29 bits per heavy atom. The topological polar surface area (TPSA) is 90.9 Å². The summed E-state index contributed by atoms with van der Waals surface area (Å²) in [5.41, 5.74) is 0.852. The quantitative estimate of drug-likeness (QED) is 0.505. The maximum Gasteiger partial charge on any atom is 0.508 e. The Morgan fingerprint density at radius 2 is 2.04 bits per heavy atom. The predicted molar refractivity (Wildman–Crippen MR) is 84.1 cm³/mol. The molecule has 2 rings (SSSR count). The van der Waals surface area contributed by atoms with Gasteiger partial charge in [0.25, 0.3) is 0 Å². The van der Waals surface area contributed by atoms with Crippen molar-refractivity contribution in [1.82, 2.24) is 5.32 Å². The molecule has 0 fully saturated rings. The molecule has 0 heterocycles. The van der Waals surface area contributed by atoms with Gasteiger partial charge in [-0.2, -0.15) is 0 Å². The molecule has 3 atom stereocenters. The van der Waals surface area contributed by atoms with Crippen molar-refractivity contribution in [2.45, 2.75) is 25.2 Å². The molecule has 1 N–H and O–H groups in total. The number of nitrogens with one attached hydrogen (secondary N) is 1. The second kappa shape index (κ2) is 8.71. The third-order valence-corrected chi connectivity index (χ3v) is 3.62. The van der Waals surface area contributed by atoms with Gasteiger partial charge in [0.1, 0.15) is 19.0 Å². The van der Waals surface area contributed by atoms with E-state index in [-0.39, 0.29) is 6.61 Å². The lowest BCUT2D eigenvalue weighted by molar-refractivity contribution is -0.115. The molecular formula is C17H19NO6. The van der Waals surface area contributed by atoms with E-state index in [0.717, 1.165) is 5.56 Å². The van der Waals surface area contributed by atoms with Gasteiger partial charge in [-0.05, 0) is 5.56 Å². The third-order valence-electron chi connectivity index (χ3n) is 3.62. The third kappa shape index (κ3) is 4.84. The van der Waals surface area contributed by atoms with Gasteiger partial charge in [-0.15, -0.1) is 0 Å². The van der Waals surface area contributed by atoms with Gasteiger partial charge in [-0.3, -0.25) is 0 Å². The van der Waals surface area contributed by atoms with E-state index >= 15 is 0 Å². The van der Waals surface area contributed by atoms with Crippen LogP contribution in [0.1, 0.15) is 12.0 Å². The van der Waals surface area contributed by atoms with Crippen LogP contribution in [-0.2, 0) is 25.6 Å². The lowest BCUT2D eigenvalue weighted by Gasteiger charge is -2.30. The van der Waals surface area contributed by atoms with Gasteiger partial charge in [-0.1, -0.05) is 42.5 Å². The Morgan fingerprint density at radius 3 is 2.71 bits per heavy atom. The second-order valence-corrected chi connectivity index (χ2v) is 5.22. The predicted octanol–water partition coefficient (Wildman–Crippen LogP) is 2.21. The molecule has 0 spiro atoms. The van der Waals surface area contributed by atoms with Crippen molar-refractivity contribution < 1.29 is 28.6 Å². The number of rotatable bonds is 5. The molecule has 7 nitrogen and oxygen atoms in total. The number of carbonyl (C=O) groups is 3. The zero-order valence-electron chi connectivity index (χ0n) is 13.2. The standard InChI is InChI=1S/C17H19NO6/c1-22-17(21)24-15-9-5-8-14(13(15)10-19)18-16(20)23-11-12-6-3-2-4-7-12/h2-8,10,13-15H,9,11H2,1H3,(H,18,20). The Kier molecular flexibility index (Phi) is 6.36. The van der Waals surface area contributed by atoms with Gasteiger partial charge in [0.05, 0.1) is 19.1 Å². The molecule has 1 aliphatic rings. The molecule has 1 aromatic rings. The van der Waals surface area contributed by atoms with E-state index in [2.05, 4.69) is 10.1 Å². The minimum absolute atomic E-state index is 0.122. The number of ether oxygens (including phenoxy) is 3. The molecule has 0 aromatic heterocycles. The summed E-state index contributed by atoms with van der Waals surface area (Å²) in [5, 5.41) is 2.60. The molecule has 1 aromatic carbocycles. The lowest BCUT2D eigenvalue weighted by atomic mass is 9.88. The van der Waals surface area contributed by atoms with E-state index in [1.165, 1.54) is 7.11 Å². The van der Waals surface area contributed by atoms with Crippen LogP contribution in [0.3, 0.4) is 0 Å². The highest BCUT2D eigenvalue weighted by molar-refractivity contribution is 5.70. The first-order valence-electron chi connectivity index (χ1n) is 7.48. The molecule has 1 amide bonds. The van der Waals surface area contributed by atoms with Gasteiger partial charge in [0, 0.05) is 6.42 Å². The minimum Gasteiger partial charge on any atom is -0.445 e. The summed E-state index contributed by atoms with van der Waals surface area (Å²) in [7, 11) is 1.19. The van der Waals surface area contributed by atoms with Crippen molar-refractivity contribution in [3.8, 4) is 0 Å². The van der Waals surface area contributed by atoms with E-state index in [1.807, 2.05) is 30.3 Å². The van der Waals surface area contributed by atoms with Crippen molar-refractivity contribution in [1.29, 1.82) is 0 Å². The molecule has 3 unspecified atom stereocenters. The van der Waals surface area contributed by atoms with Gasteiger partial charge in [0.2, 0.25) is 0 Å². The summed E-state index contributed by atoms with van der Waals surface area (Å²) >= 11 is 0. The van der Waals surface area contributed by atoms with Crippen LogP contribution in [0.5, 0.6) is 0 Å². The molecule has 0 aliphatic heterocycles. The smallest absolute Gasteiger partial charge is 0.445 e. The van der Waals surface area contributed by atoms with Crippen LogP contribution in [0.25, 0.3) is 0 Å². The highest BCUT2D eigenvalue weighted by Crippen LogP contribution is 2.21. The van der Waals surface area contributed by atoms with Crippen LogP contribution in [-0.4, -0.2) is 37.8 Å². The average Bonchev–Trinajstić information content (AvgIpc) is 2.61. The first-order chi connectivity index (χ1) is 11.6. The summed E-state index contributed by atoms with van der Waals surface area (Å²) in [6.45, 7) is 0.122. The minimum atomic E-state index is -0.868. The largest absolute Gasteiger partial charge is 0.508 e. The normalized spacial score (nSPS) is 22.3. The fraction of sp³-hybridized carbons (Fsp3) is 0.353. The SMILES string of the molecule is COC(=O)OC1CC=CC(NC(=O)OCc2ccccc2)C1C=O. The molecule has 0 saturated carbocycles. The van der Waals surface area contributed by atoms with Crippen LogP contribution in [0.15, 0.2) is 42.5 Å². The van der Waals surface area contributed by atoms with Crippen LogP contribution in [0.2, 0.25) is 0 Å². The number of carbonyl (C=O) groups excluding carboxylic acids is 3. The molecular weight excluding hydrogens is 314 g/mol. The molecule has 7 heteroatoms. The molecule has 0 radical (unpaired) electrons. The van der Waals surface area contributed by atoms with Gasteiger partial charge >= 0.3 is 12.2 Å². The van der Waals surface area contributed by atoms with Gasteiger partial charge in [-0.25, -0.2) is 9.59 Å². The number of hydrogen-bond acceptors (Lipinski definition) is 6. The van der Waals surface area contributed by atoms with Gasteiger partial charge in [0.15, 0.2) is 0 Å². The summed E-state index contributed by atoms with van der Waals surface area (Å²) < 4.78 is 14.6. The van der Waals surface area contributed by atoms with Crippen molar-refractivity contribution in [2.24, 2.45) is 5.92 Å². The number of aldehydes is 1. The first kappa shape index (κ1) is 17.5. The van der Waals surface area contributed by atoms with Crippen LogP contribution < -0.4 is 5.32 Å². The summed E-state index contributed by atoms with van der Waals surface area (Å²) in [4.78, 5) is 34.5. The molecule has 24 heavy (non-hydrogen) atoms. The van der Waals surface area contributed by atoms with Crippen LogP contribution in [0.4, 0.5) is 9.59 Å². The zero-order chi connectivity index (χ0) is 17.4. The number of methoxy groups -OCH3 is 1. The molecule has 128 valence electrons. The fourth-order valence-electron chi connectivity index (χ4n) is 2.39. The number of alkyl carbamates (subject to hydrolysis) is 1. The number of hydrogen-bond donors (Lipinski definition) is 1. The van der Waals surface area contributed by atoms with Crippen LogP contribution in [0, 0.1) is 5.92 Å².